The van der Waals surface area contributed by atoms with E-state index >= 15 is 0 Å². The third kappa shape index (κ3) is 7.21. The molecule has 4 nitrogen and oxygen atoms in total. The first-order valence-electron chi connectivity index (χ1n) is 6.59. The maximum atomic E-state index is 11.3. The summed E-state index contributed by atoms with van der Waals surface area (Å²) in [5.74, 6) is 0.883. The van der Waals surface area contributed by atoms with Gasteiger partial charge in [0.05, 0.1) is 0 Å². The first kappa shape index (κ1) is 14.3. The fourth-order valence-corrected chi connectivity index (χ4v) is 1.69. The lowest BCUT2D eigenvalue weighted by atomic mass is 10.2. The Labute approximate surface area is 104 Å². The molecule has 4 heteroatoms. The normalized spacial score (nSPS) is 17.6. The third-order valence-electron chi connectivity index (χ3n) is 2.82. The zero-order valence-electron chi connectivity index (χ0n) is 11.5. The van der Waals surface area contributed by atoms with Gasteiger partial charge in [0.25, 0.3) is 0 Å². The number of hydrogen-bond donors (Lipinski definition) is 2. The van der Waals surface area contributed by atoms with Crippen molar-refractivity contribution >= 4 is 6.09 Å². The second-order valence-corrected chi connectivity index (χ2v) is 5.86. The molecule has 100 valence electrons. The van der Waals surface area contributed by atoms with Gasteiger partial charge in [-0.05, 0) is 59.4 Å². The van der Waals surface area contributed by atoms with Crippen molar-refractivity contribution in [2.75, 3.05) is 13.1 Å². The minimum atomic E-state index is -0.414. The van der Waals surface area contributed by atoms with Crippen molar-refractivity contribution in [3.8, 4) is 0 Å². The van der Waals surface area contributed by atoms with Crippen LogP contribution < -0.4 is 10.6 Å². The lowest BCUT2D eigenvalue weighted by molar-refractivity contribution is 0.0527. The zero-order chi connectivity index (χ0) is 12.9. The Morgan fingerprint density at radius 3 is 2.53 bits per heavy atom. The van der Waals surface area contributed by atoms with Crippen LogP contribution in [-0.2, 0) is 4.74 Å². The highest BCUT2D eigenvalue weighted by molar-refractivity contribution is 5.67. The van der Waals surface area contributed by atoms with Gasteiger partial charge in [-0.25, -0.2) is 4.79 Å². The van der Waals surface area contributed by atoms with E-state index in [9.17, 15) is 4.79 Å². The summed E-state index contributed by atoms with van der Waals surface area (Å²) in [6.45, 7) is 9.45. The molecule has 1 amide bonds. The van der Waals surface area contributed by atoms with Crippen molar-refractivity contribution in [1.82, 2.24) is 10.6 Å². The van der Waals surface area contributed by atoms with E-state index in [0.717, 1.165) is 18.9 Å². The molecule has 1 saturated carbocycles. The Morgan fingerprint density at radius 2 is 2.00 bits per heavy atom. The fraction of sp³-hybridized carbons (Fsp3) is 0.923. The maximum Gasteiger partial charge on any atom is 0.407 e. The number of amides is 1. The largest absolute Gasteiger partial charge is 0.444 e. The van der Waals surface area contributed by atoms with Gasteiger partial charge in [-0.2, -0.15) is 0 Å². The van der Waals surface area contributed by atoms with E-state index in [1.165, 1.54) is 12.8 Å². The zero-order valence-corrected chi connectivity index (χ0v) is 11.5. The van der Waals surface area contributed by atoms with Crippen LogP contribution in [0.3, 0.4) is 0 Å². The molecule has 2 N–H and O–H groups in total. The number of carbonyl (C=O) groups is 1. The smallest absolute Gasteiger partial charge is 0.407 e. The summed E-state index contributed by atoms with van der Waals surface area (Å²) >= 11 is 0. The van der Waals surface area contributed by atoms with E-state index in [0.29, 0.717) is 12.6 Å². The van der Waals surface area contributed by atoms with Gasteiger partial charge in [-0.1, -0.05) is 0 Å². The molecule has 0 radical (unpaired) electrons. The predicted octanol–water partition coefficient (Wildman–Crippen LogP) is 2.29. The monoisotopic (exact) mass is 242 g/mol. The Kier molecular flexibility index (Phi) is 5.25. The standard InChI is InChI=1S/C13H26N2O2/c1-10(11-6-7-11)14-8-5-9-15-12(16)17-13(2,3)4/h10-11,14H,5-9H2,1-4H3,(H,15,16). The van der Waals surface area contributed by atoms with Crippen LogP contribution in [0.15, 0.2) is 0 Å². The summed E-state index contributed by atoms with van der Waals surface area (Å²) < 4.78 is 5.14. The molecule has 1 rings (SSSR count). The first-order chi connectivity index (χ1) is 7.88. The first-order valence-corrected chi connectivity index (χ1v) is 6.59. The van der Waals surface area contributed by atoms with Gasteiger partial charge in [0, 0.05) is 12.6 Å². The molecule has 0 spiro atoms. The molecule has 0 saturated heterocycles. The number of nitrogens with one attached hydrogen (secondary N) is 2. The molecule has 17 heavy (non-hydrogen) atoms. The molecule has 1 atom stereocenters. The van der Waals surface area contributed by atoms with Gasteiger partial charge >= 0.3 is 6.09 Å². The van der Waals surface area contributed by atoms with Crippen LogP contribution in [0.2, 0.25) is 0 Å². The van der Waals surface area contributed by atoms with Crippen LogP contribution in [0.1, 0.15) is 47.0 Å². The Balaban J connectivity index is 1.94. The molecule has 0 heterocycles. The van der Waals surface area contributed by atoms with Crippen LogP contribution in [0.25, 0.3) is 0 Å². The number of alkyl carbamates (subject to hydrolysis) is 1. The van der Waals surface area contributed by atoms with Crippen LogP contribution >= 0.6 is 0 Å². The molecule has 1 aliphatic carbocycles. The molecular weight excluding hydrogens is 216 g/mol. The van der Waals surface area contributed by atoms with Crippen LogP contribution in [0, 0.1) is 5.92 Å². The highest BCUT2D eigenvalue weighted by Gasteiger charge is 2.27. The second kappa shape index (κ2) is 6.24. The average molecular weight is 242 g/mol. The molecule has 0 aromatic carbocycles. The molecule has 0 aliphatic heterocycles. The summed E-state index contributed by atoms with van der Waals surface area (Å²) in [6.07, 6.45) is 3.35. The van der Waals surface area contributed by atoms with Crippen LogP contribution in [0.4, 0.5) is 4.79 Å². The topological polar surface area (TPSA) is 50.4 Å². The Morgan fingerprint density at radius 1 is 1.35 bits per heavy atom. The summed E-state index contributed by atoms with van der Waals surface area (Å²) in [6, 6.07) is 0.622. The fourth-order valence-electron chi connectivity index (χ4n) is 1.69. The van der Waals surface area contributed by atoms with Crippen molar-refractivity contribution in [3.05, 3.63) is 0 Å². The van der Waals surface area contributed by atoms with Gasteiger partial charge in [0.1, 0.15) is 5.60 Å². The summed E-state index contributed by atoms with van der Waals surface area (Å²) in [5.41, 5.74) is -0.414. The molecule has 1 unspecified atom stereocenters. The highest BCUT2D eigenvalue weighted by Crippen LogP contribution is 2.32. The van der Waals surface area contributed by atoms with Crippen molar-refractivity contribution in [1.29, 1.82) is 0 Å². The summed E-state index contributed by atoms with van der Waals surface area (Å²) in [5, 5.41) is 6.23. The second-order valence-electron chi connectivity index (χ2n) is 5.86. The van der Waals surface area contributed by atoms with Crippen molar-refractivity contribution < 1.29 is 9.53 Å². The Bertz CT molecular complexity index is 244. The minimum absolute atomic E-state index is 0.326. The van der Waals surface area contributed by atoms with E-state index in [2.05, 4.69) is 17.6 Å². The molecule has 0 aromatic rings. The van der Waals surface area contributed by atoms with Crippen molar-refractivity contribution in [3.63, 3.8) is 0 Å². The SMILES string of the molecule is CC(NCCCNC(=O)OC(C)(C)C)C1CC1. The number of rotatable bonds is 6. The van der Waals surface area contributed by atoms with E-state index in [4.69, 9.17) is 4.74 Å². The number of carbonyl (C=O) groups excluding carboxylic acids is 1. The third-order valence-corrected chi connectivity index (χ3v) is 2.82. The van der Waals surface area contributed by atoms with E-state index in [1.807, 2.05) is 20.8 Å². The number of hydrogen-bond acceptors (Lipinski definition) is 3. The number of ether oxygens (including phenoxy) is 1. The lowest BCUT2D eigenvalue weighted by Crippen LogP contribution is -2.35. The maximum absolute atomic E-state index is 11.3. The molecule has 0 bridgehead atoms. The Hall–Kier alpha value is -0.770. The van der Waals surface area contributed by atoms with Gasteiger partial charge in [0.2, 0.25) is 0 Å². The van der Waals surface area contributed by atoms with Crippen LogP contribution in [-0.4, -0.2) is 30.8 Å². The van der Waals surface area contributed by atoms with Gasteiger partial charge in [-0.3, -0.25) is 0 Å². The molecule has 1 aliphatic rings. The summed E-state index contributed by atoms with van der Waals surface area (Å²) in [7, 11) is 0. The summed E-state index contributed by atoms with van der Waals surface area (Å²) in [4.78, 5) is 11.3. The molecule has 1 fully saturated rings. The predicted molar refractivity (Wildman–Crippen MR) is 69.0 cm³/mol. The highest BCUT2D eigenvalue weighted by atomic mass is 16.6. The van der Waals surface area contributed by atoms with Crippen LogP contribution in [0.5, 0.6) is 0 Å². The minimum Gasteiger partial charge on any atom is -0.444 e. The van der Waals surface area contributed by atoms with E-state index in [-0.39, 0.29) is 6.09 Å². The molecule has 0 aromatic heterocycles. The quantitative estimate of drug-likeness (QED) is 0.703. The van der Waals surface area contributed by atoms with Gasteiger partial charge in [-0.15, -0.1) is 0 Å². The van der Waals surface area contributed by atoms with E-state index in [1.54, 1.807) is 0 Å². The lowest BCUT2D eigenvalue weighted by Gasteiger charge is -2.19. The van der Waals surface area contributed by atoms with Crippen molar-refractivity contribution in [2.45, 2.75) is 58.6 Å². The van der Waals surface area contributed by atoms with Gasteiger partial charge in [0.15, 0.2) is 0 Å². The van der Waals surface area contributed by atoms with Gasteiger partial charge < -0.3 is 15.4 Å². The average Bonchev–Trinajstić information content (AvgIpc) is 2.96. The van der Waals surface area contributed by atoms with E-state index < -0.39 is 5.60 Å². The van der Waals surface area contributed by atoms with Crippen molar-refractivity contribution in [2.24, 2.45) is 5.92 Å². The molecular formula is C13H26N2O2.